The first-order valence-electron chi connectivity index (χ1n) is 6.63. The Balaban J connectivity index is 2.38. The van der Waals surface area contributed by atoms with Gasteiger partial charge in [-0.25, -0.2) is 8.42 Å². The number of amides is 1. The Kier molecular flexibility index (Phi) is 6.08. The van der Waals surface area contributed by atoms with Crippen molar-refractivity contribution in [1.29, 1.82) is 0 Å². The van der Waals surface area contributed by atoms with E-state index in [1.54, 1.807) is 6.92 Å². The van der Waals surface area contributed by atoms with E-state index in [9.17, 15) is 13.2 Å². The van der Waals surface area contributed by atoms with Gasteiger partial charge in [-0.3, -0.25) is 4.79 Å². The third-order valence-electron chi connectivity index (χ3n) is 3.26. The van der Waals surface area contributed by atoms with E-state index in [4.69, 9.17) is 5.73 Å². The maximum Gasteiger partial charge on any atom is 0.235 e. The largest absolute Gasteiger partial charge is 0.352 e. The zero-order valence-corrected chi connectivity index (χ0v) is 11.8. The van der Waals surface area contributed by atoms with Crippen LogP contribution in [0.1, 0.15) is 39.0 Å². The molecule has 1 aliphatic rings. The molecule has 0 spiro atoms. The molecule has 0 heterocycles. The lowest BCUT2D eigenvalue weighted by Gasteiger charge is -2.22. The molecule has 0 aromatic carbocycles. The van der Waals surface area contributed by atoms with Crippen LogP contribution in [0.3, 0.4) is 0 Å². The highest BCUT2D eigenvalue weighted by atomic mass is 32.2. The highest BCUT2D eigenvalue weighted by molar-refractivity contribution is 7.92. The molecule has 3 N–H and O–H groups in total. The Morgan fingerprint density at radius 3 is 2.50 bits per heavy atom. The fourth-order valence-corrected chi connectivity index (χ4v) is 3.88. The Labute approximate surface area is 109 Å². The summed E-state index contributed by atoms with van der Waals surface area (Å²) < 4.78 is 23.5. The molecule has 0 saturated heterocycles. The summed E-state index contributed by atoms with van der Waals surface area (Å²) in [5.74, 6) is -0.890. The standard InChI is InChI=1S/C12H24N2O3S/c1-10(7-13)8-18(16,17)9-12(15)14-11-5-3-2-4-6-11/h10-11H,2-9,13H2,1H3,(H,14,15). The minimum absolute atomic E-state index is 0.0123. The van der Waals surface area contributed by atoms with Gasteiger partial charge in [-0.15, -0.1) is 0 Å². The number of rotatable bonds is 6. The van der Waals surface area contributed by atoms with Gasteiger partial charge in [0.1, 0.15) is 5.75 Å². The van der Waals surface area contributed by atoms with E-state index < -0.39 is 15.6 Å². The van der Waals surface area contributed by atoms with E-state index in [1.165, 1.54) is 6.42 Å². The van der Waals surface area contributed by atoms with Crippen molar-refractivity contribution in [2.45, 2.75) is 45.1 Å². The molecule has 1 fully saturated rings. The van der Waals surface area contributed by atoms with E-state index in [2.05, 4.69) is 5.32 Å². The van der Waals surface area contributed by atoms with Crippen LogP contribution in [0.15, 0.2) is 0 Å². The van der Waals surface area contributed by atoms with Crippen molar-refractivity contribution in [3.63, 3.8) is 0 Å². The summed E-state index contributed by atoms with van der Waals surface area (Å²) in [6.07, 6.45) is 5.36. The van der Waals surface area contributed by atoms with Crippen molar-refractivity contribution in [3.05, 3.63) is 0 Å². The van der Waals surface area contributed by atoms with Crippen molar-refractivity contribution in [1.82, 2.24) is 5.32 Å². The smallest absolute Gasteiger partial charge is 0.235 e. The maximum absolute atomic E-state index is 11.7. The average molecular weight is 276 g/mol. The second-order valence-electron chi connectivity index (χ2n) is 5.30. The summed E-state index contributed by atoms with van der Waals surface area (Å²) in [6.45, 7) is 2.10. The van der Waals surface area contributed by atoms with E-state index in [0.717, 1.165) is 25.7 Å². The van der Waals surface area contributed by atoms with Gasteiger partial charge in [0.05, 0.1) is 5.75 Å². The molecule has 0 aromatic rings. The monoisotopic (exact) mass is 276 g/mol. The molecular weight excluding hydrogens is 252 g/mol. The van der Waals surface area contributed by atoms with Crippen LogP contribution in [0, 0.1) is 5.92 Å². The zero-order chi connectivity index (χ0) is 13.6. The highest BCUT2D eigenvalue weighted by Gasteiger charge is 2.22. The molecule has 0 aliphatic heterocycles. The summed E-state index contributed by atoms with van der Waals surface area (Å²) >= 11 is 0. The number of carbonyl (C=O) groups is 1. The predicted octanol–water partition coefficient (Wildman–Crippen LogP) is 0.445. The molecule has 0 aromatic heterocycles. The minimum Gasteiger partial charge on any atom is -0.352 e. The van der Waals surface area contributed by atoms with Gasteiger partial charge in [-0.05, 0) is 25.3 Å². The number of hydrogen-bond acceptors (Lipinski definition) is 4. The lowest BCUT2D eigenvalue weighted by molar-refractivity contribution is -0.119. The molecule has 0 bridgehead atoms. The molecule has 1 aliphatic carbocycles. The zero-order valence-electron chi connectivity index (χ0n) is 11.0. The molecule has 1 atom stereocenters. The summed E-state index contributed by atoms with van der Waals surface area (Å²) in [6, 6.07) is 0.161. The molecule has 18 heavy (non-hydrogen) atoms. The maximum atomic E-state index is 11.7. The van der Waals surface area contributed by atoms with Gasteiger partial charge in [0.2, 0.25) is 5.91 Å². The molecule has 106 valence electrons. The first-order valence-corrected chi connectivity index (χ1v) is 8.45. The fourth-order valence-electron chi connectivity index (χ4n) is 2.28. The van der Waals surface area contributed by atoms with Gasteiger partial charge in [-0.2, -0.15) is 0 Å². The molecule has 1 rings (SSSR count). The van der Waals surface area contributed by atoms with E-state index in [0.29, 0.717) is 6.54 Å². The van der Waals surface area contributed by atoms with Crippen LogP contribution in [0.25, 0.3) is 0 Å². The second-order valence-corrected chi connectivity index (χ2v) is 7.41. The molecule has 0 radical (unpaired) electrons. The third-order valence-corrected chi connectivity index (χ3v) is 5.04. The molecular formula is C12H24N2O3S. The Morgan fingerprint density at radius 2 is 1.94 bits per heavy atom. The number of sulfone groups is 1. The minimum atomic E-state index is -3.33. The van der Waals surface area contributed by atoms with Gasteiger partial charge in [0, 0.05) is 6.04 Å². The lowest BCUT2D eigenvalue weighted by atomic mass is 9.95. The summed E-state index contributed by atoms with van der Waals surface area (Å²) in [4.78, 5) is 11.7. The van der Waals surface area contributed by atoms with Gasteiger partial charge >= 0.3 is 0 Å². The number of nitrogens with one attached hydrogen (secondary N) is 1. The molecule has 1 unspecified atom stereocenters. The number of hydrogen-bond donors (Lipinski definition) is 2. The quantitative estimate of drug-likeness (QED) is 0.737. The molecule has 5 nitrogen and oxygen atoms in total. The summed E-state index contributed by atoms with van der Waals surface area (Å²) in [5, 5.41) is 2.82. The number of carbonyl (C=O) groups excluding carboxylic acids is 1. The van der Waals surface area contributed by atoms with Crippen LogP contribution in [0.4, 0.5) is 0 Å². The molecule has 6 heteroatoms. The SMILES string of the molecule is CC(CN)CS(=O)(=O)CC(=O)NC1CCCCC1. The van der Waals surface area contributed by atoms with E-state index >= 15 is 0 Å². The summed E-state index contributed by atoms with van der Waals surface area (Å²) in [7, 11) is -3.33. The fraction of sp³-hybridized carbons (Fsp3) is 0.917. The van der Waals surface area contributed by atoms with Crippen LogP contribution < -0.4 is 11.1 Å². The van der Waals surface area contributed by atoms with Crippen molar-refractivity contribution in [2.24, 2.45) is 11.7 Å². The lowest BCUT2D eigenvalue weighted by Crippen LogP contribution is -2.40. The predicted molar refractivity (Wildman–Crippen MR) is 71.9 cm³/mol. The van der Waals surface area contributed by atoms with Crippen molar-refractivity contribution < 1.29 is 13.2 Å². The van der Waals surface area contributed by atoms with E-state index in [-0.39, 0.29) is 23.6 Å². The highest BCUT2D eigenvalue weighted by Crippen LogP contribution is 2.17. The van der Waals surface area contributed by atoms with Crippen molar-refractivity contribution in [3.8, 4) is 0 Å². The average Bonchev–Trinajstić information content (AvgIpc) is 2.28. The number of nitrogens with two attached hydrogens (primary N) is 1. The van der Waals surface area contributed by atoms with Gasteiger partial charge < -0.3 is 11.1 Å². The second kappa shape index (κ2) is 7.09. The van der Waals surface area contributed by atoms with E-state index in [1.807, 2.05) is 0 Å². The Morgan fingerprint density at radius 1 is 1.33 bits per heavy atom. The normalized spacial score (nSPS) is 19.4. The van der Waals surface area contributed by atoms with Crippen molar-refractivity contribution >= 4 is 15.7 Å². The first kappa shape index (κ1) is 15.4. The Hall–Kier alpha value is -0.620. The van der Waals surface area contributed by atoms with Gasteiger partial charge in [0.25, 0.3) is 0 Å². The Bertz CT molecular complexity index is 362. The first-order chi connectivity index (χ1) is 8.43. The van der Waals surface area contributed by atoms with Crippen LogP contribution in [-0.2, 0) is 14.6 Å². The van der Waals surface area contributed by atoms with Crippen LogP contribution >= 0.6 is 0 Å². The molecule has 1 amide bonds. The van der Waals surface area contributed by atoms with Crippen LogP contribution in [0.5, 0.6) is 0 Å². The summed E-state index contributed by atoms with van der Waals surface area (Å²) in [5.41, 5.74) is 5.39. The van der Waals surface area contributed by atoms with Crippen LogP contribution in [0.2, 0.25) is 0 Å². The molecule has 1 saturated carbocycles. The van der Waals surface area contributed by atoms with Gasteiger partial charge in [-0.1, -0.05) is 26.2 Å². The topological polar surface area (TPSA) is 89.3 Å². The van der Waals surface area contributed by atoms with Crippen LogP contribution in [-0.4, -0.2) is 38.4 Å². The third kappa shape index (κ3) is 5.82. The van der Waals surface area contributed by atoms with Gasteiger partial charge in [0.15, 0.2) is 9.84 Å². The van der Waals surface area contributed by atoms with Crippen molar-refractivity contribution in [2.75, 3.05) is 18.1 Å².